The molecular formula is C16H9Cl4F3N4O5. The van der Waals surface area contributed by atoms with E-state index in [0.717, 1.165) is 18.2 Å². The number of benzene rings is 2. The van der Waals surface area contributed by atoms with Crippen LogP contribution in [-0.4, -0.2) is 25.7 Å². The Kier molecular flexibility index (Phi) is 7.66. The van der Waals surface area contributed by atoms with E-state index >= 15 is 0 Å². The summed E-state index contributed by atoms with van der Waals surface area (Å²) < 4.78 is 36.6. The van der Waals surface area contributed by atoms with Gasteiger partial charge in [0.15, 0.2) is 0 Å². The fraction of sp³-hybridized carbons (Fsp3) is 0.188. The van der Waals surface area contributed by atoms with Crippen LogP contribution >= 0.6 is 46.4 Å². The van der Waals surface area contributed by atoms with Crippen LogP contribution in [0.5, 0.6) is 0 Å². The number of hydrogen-bond donors (Lipinski definition) is 2. The van der Waals surface area contributed by atoms with Crippen molar-refractivity contribution in [2.75, 3.05) is 5.32 Å². The van der Waals surface area contributed by atoms with Crippen LogP contribution in [-0.2, 0) is 6.18 Å². The minimum Gasteiger partial charge on any atom is -0.361 e. The molecule has 0 heterocycles. The topological polar surface area (TPSA) is 127 Å². The number of rotatable bonds is 6. The highest BCUT2D eigenvalue weighted by Crippen LogP contribution is 2.37. The minimum absolute atomic E-state index is 0.211. The Hall–Kier alpha value is -2.54. The zero-order valence-electron chi connectivity index (χ0n) is 15.1. The fourth-order valence-corrected chi connectivity index (χ4v) is 2.82. The standard InChI is InChI=1S/C16H9Cl4F3N4O5/c17-11-2-1-8(16(21,22)23)5-12(11)24-14(15(18,19)20)25-13(28)7-3-9(26(29)30)6-10(4-7)27(31)32/h1-6,14,24H,(H,25,28)/t14-/m0/s1. The first-order valence-corrected chi connectivity index (χ1v) is 9.55. The van der Waals surface area contributed by atoms with Crippen molar-refractivity contribution in [3.8, 4) is 0 Å². The van der Waals surface area contributed by atoms with E-state index in [4.69, 9.17) is 46.4 Å². The Morgan fingerprint density at radius 3 is 1.94 bits per heavy atom. The van der Waals surface area contributed by atoms with Crippen LogP contribution in [0.3, 0.4) is 0 Å². The summed E-state index contributed by atoms with van der Waals surface area (Å²) in [6, 6.07) is 4.33. The lowest BCUT2D eigenvalue weighted by Crippen LogP contribution is -2.49. The highest BCUT2D eigenvalue weighted by Gasteiger charge is 2.36. The van der Waals surface area contributed by atoms with Crippen molar-refractivity contribution in [3.05, 3.63) is 72.8 Å². The van der Waals surface area contributed by atoms with Gasteiger partial charge in [0.25, 0.3) is 17.3 Å². The van der Waals surface area contributed by atoms with E-state index in [1.807, 2.05) is 0 Å². The van der Waals surface area contributed by atoms with Gasteiger partial charge in [0, 0.05) is 12.1 Å². The molecule has 0 spiro atoms. The molecule has 0 fully saturated rings. The van der Waals surface area contributed by atoms with Crippen LogP contribution in [0.4, 0.5) is 30.2 Å². The van der Waals surface area contributed by atoms with Crippen LogP contribution in [0.25, 0.3) is 0 Å². The molecule has 0 radical (unpaired) electrons. The Morgan fingerprint density at radius 2 is 1.50 bits per heavy atom. The normalized spacial score (nSPS) is 12.7. The summed E-state index contributed by atoms with van der Waals surface area (Å²) in [6.45, 7) is 0. The molecule has 9 nitrogen and oxygen atoms in total. The quantitative estimate of drug-likeness (QED) is 0.211. The van der Waals surface area contributed by atoms with Crippen LogP contribution < -0.4 is 10.6 Å². The summed E-state index contributed by atoms with van der Waals surface area (Å²) in [5.41, 5.74) is -3.51. The van der Waals surface area contributed by atoms with Gasteiger partial charge in [-0.15, -0.1) is 0 Å². The number of anilines is 1. The third-order valence-electron chi connectivity index (χ3n) is 3.78. The number of carbonyl (C=O) groups is 1. The maximum absolute atomic E-state index is 13.0. The van der Waals surface area contributed by atoms with E-state index in [2.05, 4.69) is 10.6 Å². The molecule has 1 atom stereocenters. The molecule has 0 aliphatic heterocycles. The van der Waals surface area contributed by atoms with Crippen LogP contribution in [0, 0.1) is 20.2 Å². The largest absolute Gasteiger partial charge is 0.416 e. The second-order valence-electron chi connectivity index (χ2n) is 6.04. The van der Waals surface area contributed by atoms with Gasteiger partial charge in [0.05, 0.1) is 37.7 Å². The predicted octanol–water partition coefficient (Wildman–Crippen LogP) is 5.71. The number of nitro groups is 2. The zero-order valence-corrected chi connectivity index (χ0v) is 18.1. The molecule has 16 heteroatoms. The second kappa shape index (κ2) is 9.53. The first kappa shape index (κ1) is 25.7. The molecule has 172 valence electrons. The Balaban J connectivity index is 2.40. The number of nitro benzene ring substituents is 2. The molecular weight excluding hydrogens is 527 g/mol. The first-order chi connectivity index (χ1) is 14.6. The second-order valence-corrected chi connectivity index (χ2v) is 8.81. The minimum atomic E-state index is -4.72. The number of nitrogens with zero attached hydrogens (tertiary/aromatic N) is 2. The summed E-state index contributed by atoms with van der Waals surface area (Å²) in [7, 11) is 0. The smallest absolute Gasteiger partial charge is 0.361 e. The lowest BCUT2D eigenvalue weighted by Gasteiger charge is -2.28. The molecule has 0 saturated heterocycles. The van der Waals surface area contributed by atoms with Gasteiger partial charge in [-0.2, -0.15) is 13.2 Å². The highest BCUT2D eigenvalue weighted by molar-refractivity contribution is 6.68. The Labute approximate surface area is 196 Å². The average Bonchev–Trinajstić information content (AvgIpc) is 2.66. The molecule has 1 amide bonds. The number of halogens is 7. The molecule has 0 aromatic heterocycles. The highest BCUT2D eigenvalue weighted by atomic mass is 35.6. The third-order valence-corrected chi connectivity index (χ3v) is 4.77. The van der Waals surface area contributed by atoms with E-state index in [9.17, 15) is 38.2 Å². The SMILES string of the molecule is O=C(N[C@H](Nc1cc(C(F)(F)F)ccc1Cl)C(Cl)(Cl)Cl)c1cc([N+](=O)[O-])cc([N+](=O)[O-])c1. The molecule has 32 heavy (non-hydrogen) atoms. The molecule has 2 aromatic carbocycles. The van der Waals surface area contributed by atoms with Gasteiger partial charge in [-0.05, 0) is 18.2 Å². The van der Waals surface area contributed by atoms with Gasteiger partial charge in [-0.25, -0.2) is 0 Å². The number of nitrogens with one attached hydrogen (secondary N) is 2. The predicted molar refractivity (Wildman–Crippen MR) is 111 cm³/mol. The van der Waals surface area contributed by atoms with E-state index in [-0.39, 0.29) is 10.7 Å². The molecule has 2 rings (SSSR count). The van der Waals surface area contributed by atoms with Gasteiger partial charge >= 0.3 is 6.18 Å². The molecule has 0 saturated carbocycles. The molecule has 2 N–H and O–H groups in total. The average molecular weight is 536 g/mol. The number of carbonyl (C=O) groups excluding carboxylic acids is 1. The number of alkyl halides is 6. The van der Waals surface area contributed by atoms with Crippen molar-refractivity contribution in [1.29, 1.82) is 0 Å². The number of non-ortho nitro benzene ring substituents is 2. The molecule has 0 aliphatic rings. The summed E-state index contributed by atoms with van der Waals surface area (Å²) >= 11 is 23.3. The number of hydrogen-bond acceptors (Lipinski definition) is 6. The van der Waals surface area contributed by atoms with Crippen molar-refractivity contribution >= 4 is 69.4 Å². The zero-order chi connectivity index (χ0) is 24.4. The lowest BCUT2D eigenvalue weighted by atomic mass is 10.1. The molecule has 0 aliphatic carbocycles. The van der Waals surface area contributed by atoms with Gasteiger partial charge in [-0.3, -0.25) is 25.0 Å². The maximum atomic E-state index is 13.0. The third kappa shape index (κ3) is 6.48. The van der Waals surface area contributed by atoms with Gasteiger partial charge in [0.2, 0.25) is 3.79 Å². The summed E-state index contributed by atoms with van der Waals surface area (Å²) in [5, 5.41) is 26.2. The molecule has 0 bridgehead atoms. The van der Waals surface area contributed by atoms with Crippen molar-refractivity contribution in [3.63, 3.8) is 0 Å². The van der Waals surface area contributed by atoms with Crippen molar-refractivity contribution in [2.45, 2.75) is 16.1 Å². The van der Waals surface area contributed by atoms with Crippen molar-refractivity contribution in [1.82, 2.24) is 5.32 Å². The molecule has 2 aromatic rings. The summed E-state index contributed by atoms with van der Waals surface area (Å²) in [6.07, 6.45) is -6.43. The summed E-state index contributed by atoms with van der Waals surface area (Å²) in [5.74, 6) is -1.16. The maximum Gasteiger partial charge on any atom is 0.416 e. The number of amides is 1. The van der Waals surface area contributed by atoms with Crippen molar-refractivity contribution in [2.24, 2.45) is 0 Å². The van der Waals surface area contributed by atoms with Gasteiger partial charge < -0.3 is 10.6 Å². The first-order valence-electron chi connectivity index (χ1n) is 8.04. The van der Waals surface area contributed by atoms with Crippen molar-refractivity contribution < 1.29 is 27.8 Å². The summed E-state index contributed by atoms with van der Waals surface area (Å²) in [4.78, 5) is 32.6. The monoisotopic (exact) mass is 534 g/mol. The van der Waals surface area contributed by atoms with Crippen LogP contribution in [0.1, 0.15) is 15.9 Å². The van der Waals surface area contributed by atoms with Crippen LogP contribution in [0.2, 0.25) is 5.02 Å². The van der Waals surface area contributed by atoms with E-state index in [0.29, 0.717) is 18.2 Å². The van der Waals surface area contributed by atoms with E-state index < -0.39 is 54.4 Å². The Morgan fingerprint density at radius 1 is 0.969 bits per heavy atom. The lowest BCUT2D eigenvalue weighted by molar-refractivity contribution is -0.394. The van der Waals surface area contributed by atoms with Gasteiger partial charge in [-0.1, -0.05) is 46.4 Å². The fourth-order valence-electron chi connectivity index (χ4n) is 2.32. The van der Waals surface area contributed by atoms with E-state index in [1.54, 1.807) is 0 Å². The Bertz CT molecular complexity index is 1050. The van der Waals surface area contributed by atoms with E-state index in [1.165, 1.54) is 0 Å². The van der Waals surface area contributed by atoms with Crippen LogP contribution in [0.15, 0.2) is 36.4 Å². The van der Waals surface area contributed by atoms with Gasteiger partial charge in [0.1, 0.15) is 6.17 Å². The molecule has 0 unspecified atom stereocenters.